The van der Waals surface area contributed by atoms with Gasteiger partial charge >= 0.3 is 0 Å². The fraction of sp³-hybridized carbons (Fsp3) is 0.583. The van der Waals surface area contributed by atoms with E-state index in [4.69, 9.17) is 4.74 Å². The Labute approximate surface area is 95.9 Å². The number of aliphatic hydroxyl groups excluding tert-OH is 1. The van der Waals surface area contributed by atoms with E-state index in [9.17, 15) is 5.11 Å². The molecular formula is C12H18N2O2. The first-order chi connectivity index (χ1) is 7.85. The molecule has 1 aromatic rings. The van der Waals surface area contributed by atoms with Crippen molar-refractivity contribution in [3.05, 3.63) is 24.0 Å². The number of methoxy groups -OCH3 is 1. The molecule has 0 aliphatic carbocycles. The van der Waals surface area contributed by atoms with Crippen LogP contribution in [0.2, 0.25) is 0 Å². The zero-order valence-corrected chi connectivity index (χ0v) is 9.59. The van der Waals surface area contributed by atoms with E-state index >= 15 is 0 Å². The third-order valence-corrected chi connectivity index (χ3v) is 3.09. The van der Waals surface area contributed by atoms with Crippen LogP contribution < -0.4 is 4.90 Å². The lowest BCUT2D eigenvalue weighted by Crippen LogP contribution is -2.22. The van der Waals surface area contributed by atoms with Crippen LogP contribution in [0.15, 0.2) is 18.5 Å². The summed E-state index contributed by atoms with van der Waals surface area (Å²) in [6.45, 7) is 2.90. The van der Waals surface area contributed by atoms with Crippen molar-refractivity contribution in [1.82, 2.24) is 4.98 Å². The lowest BCUT2D eigenvalue weighted by atomic mass is 10.1. The van der Waals surface area contributed by atoms with Crippen LogP contribution in [0.25, 0.3) is 0 Å². The third-order valence-electron chi connectivity index (χ3n) is 3.09. The Morgan fingerprint density at radius 2 is 2.50 bits per heavy atom. The number of pyridine rings is 1. The number of aliphatic hydroxyl groups is 1. The van der Waals surface area contributed by atoms with Crippen LogP contribution in [-0.2, 0) is 11.3 Å². The van der Waals surface area contributed by atoms with Gasteiger partial charge in [-0.3, -0.25) is 4.98 Å². The molecule has 0 radical (unpaired) electrons. The number of nitrogens with zero attached hydrogens (tertiary/aromatic N) is 2. The van der Waals surface area contributed by atoms with Gasteiger partial charge in [0.2, 0.25) is 0 Å². The molecule has 1 unspecified atom stereocenters. The molecule has 1 N–H and O–H groups in total. The van der Waals surface area contributed by atoms with E-state index < -0.39 is 0 Å². The zero-order chi connectivity index (χ0) is 11.4. The smallest absolute Gasteiger partial charge is 0.0703 e. The van der Waals surface area contributed by atoms with Gasteiger partial charge in [-0.05, 0) is 12.5 Å². The van der Waals surface area contributed by atoms with Crippen molar-refractivity contribution >= 4 is 5.69 Å². The molecule has 2 heterocycles. The molecule has 0 aromatic carbocycles. The van der Waals surface area contributed by atoms with Crippen LogP contribution >= 0.6 is 0 Å². The fourth-order valence-electron chi connectivity index (χ4n) is 2.26. The molecule has 1 aliphatic heterocycles. The second-order valence-corrected chi connectivity index (χ2v) is 4.22. The Morgan fingerprint density at radius 1 is 1.62 bits per heavy atom. The Hall–Kier alpha value is -1.13. The summed E-state index contributed by atoms with van der Waals surface area (Å²) in [5.74, 6) is 0.594. The summed E-state index contributed by atoms with van der Waals surface area (Å²) in [6.07, 6.45) is 4.70. The van der Waals surface area contributed by atoms with Gasteiger partial charge in [-0.1, -0.05) is 0 Å². The maximum atomic E-state index is 9.27. The van der Waals surface area contributed by atoms with Crippen molar-refractivity contribution in [2.24, 2.45) is 5.92 Å². The normalized spacial score (nSPS) is 20.4. The number of hydrogen-bond donors (Lipinski definition) is 1. The minimum Gasteiger partial charge on any atom is -0.392 e. The lowest BCUT2D eigenvalue weighted by Gasteiger charge is -2.20. The van der Waals surface area contributed by atoms with Crippen LogP contribution in [0, 0.1) is 5.92 Å². The van der Waals surface area contributed by atoms with Crippen LogP contribution in [0.4, 0.5) is 5.69 Å². The molecule has 0 bridgehead atoms. The minimum atomic E-state index is 0.0727. The summed E-state index contributed by atoms with van der Waals surface area (Å²) in [4.78, 5) is 6.40. The second kappa shape index (κ2) is 5.27. The van der Waals surface area contributed by atoms with Crippen LogP contribution in [0.3, 0.4) is 0 Å². The predicted molar refractivity (Wildman–Crippen MR) is 62.4 cm³/mol. The highest BCUT2D eigenvalue weighted by atomic mass is 16.5. The predicted octanol–water partition coefficient (Wildman–Crippen LogP) is 1.05. The summed E-state index contributed by atoms with van der Waals surface area (Å²) in [5.41, 5.74) is 2.01. The van der Waals surface area contributed by atoms with E-state index in [0.29, 0.717) is 5.92 Å². The van der Waals surface area contributed by atoms with Crippen molar-refractivity contribution < 1.29 is 9.84 Å². The van der Waals surface area contributed by atoms with E-state index in [1.165, 1.54) is 0 Å². The van der Waals surface area contributed by atoms with Crippen molar-refractivity contribution in [3.63, 3.8) is 0 Å². The van der Waals surface area contributed by atoms with Crippen molar-refractivity contribution in [2.45, 2.75) is 13.0 Å². The number of rotatable bonds is 4. The molecular weight excluding hydrogens is 204 g/mol. The molecule has 0 spiro atoms. The summed E-state index contributed by atoms with van der Waals surface area (Å²) in [6, 6.07) is 1.87. The average Bonchev–Trinajstić information content (AvgIpc) is 2.78. The minimum absolute atomic E-state index is 0.0727. The average molecular weight is 222 g/mol. The molecule has 1 fully saturated rings. The monoisotopic (exact) mass is 222 g/mol. The van der Waals surface area contributed by atoms with Gasteiger partial charge in [0.1, 0.15) is 0 Å². The van der Waals surface area contributed by atoms with Gasteiger partial charge in [-0.15, -0.1) is 0 Å². The third kappa shape index (κ3) is 2.33. The molecule has 16 heavy (non-hydrogen) atoms. The molecule has 0 amide bonds. The lowest BCUT2D eigenvalue weighted by molar-refractivity contribution is 0.161. The first kappa shape index (κ1) is 11.4. The molecule has 4 nitrogen and oxygen atoms in total. The standard InChI is InChI=1S/C12H18N2O2/c1-16-9-10-3-5-14(7-10)12-6-13-4-2-11(12)8-15/h2,4,6,10,15H,3,5,7-9H2,1H3. The molecule has 1 aliphatic rings. The highest BCUT2D eigenvalue weighted by Gasteiger charge is 2.23. The van der Waals surface area contributed by atoms with Gasteiger partial charge in [0, 0.05) is 37.9 Å². The Balaban J connectivity index is 2.08. The second-order valence-electron chi connectivity index (χ2n) is 4.22. The largest absolute Gasteiger partial charge is 0.392 e. The summed E-state index contributed by atoms with van der Waals surface area (Å²) < 4.78 is 5.17. The van der Waals surface area contributed by atoms with E-state index in [1.807, 2.05) is 12.3 Å². The van der Waals surface area contributed by atoms with Crippen molar-refractivity contribution in [3.8, 4) is 0 Å². The number of ether oxygens (including phenoxy) is 1. The Bertz CT molecular complexity index is 344. The topological polar surface area (TPSA) is 45.6 Å². The maximum absolute atomic E-state index is 9.27. The van der Waals surface area contributed by atoms with Crippen LogP contribution in [0.5, 0.6) is 0 Å². The molecule has 1 saturated heterocycles. The first-order valence-electron chi connectivity index (χ1n) is 5.62. The fourth-order valence-corrected chi connectivity index (χ4v) is 2.26. The molecule has 0 saturated carbocycles. The van der Waals surface area contributed by atoms with Crippen LogP contribution in [0.1, 0.15) is 12.0 Å². The summed E-state index contributed by atoms with van der Waals surface area (Å²) in [5, 5.41) is 9.27. The highest BCUT2D eigenvalue weighted by Crippen LogP contribution is 2.26. The molecule has 4 heteroatoms. The van der Waals surface area contributed by atoms with Gasteiger partial charge in [-0.25, -0.2) is 0 Å². The van der Waals surface area contributed by atoms with Gasteiger partial charge in [0.05, 0.1) is 25.1 Å². The van der Waals surface area contributed by atoms with Gasteiger partial charge < -0.3 is 14.7 Å². The molecule has 88 valence electrons. The van der Waals surface area contributed by atoms with Crippen LogP contribution in [-0.4, -0.2) is 36.9 Å². The highest BCUT2D eigenvalue weighted by molar-refractivity contribution is 5.52. The first-order valence-corrected chi connectivity index (χ1v) is 5.62. The van der Waals surface area contributed by atoms with E-state index in [1.54, 1.807) is 13.3 Å². The zero-order valence-electron chi connectivity index (χ0n) is 9.59. The Kier molecular flexibility index (Phi) is 3.74. The van der Waals surface area contributed by atoms with E-state index in [0.717, 1.165) is 37.4 Å². The van der Waals surface area contributed by atoms with Gasteiger partial charge in [0.25, 0.3) is 0 Å². The maximum Gasteiger partial charge on any atom is 0.0703 e. The summed E-state index contributed by atoms with van der Waals surface area (Å²) >= 11 is 0. The van der Waals surface area contributed by atoms with E-state index in [-0.39, 0.29) is 6.61 Å². The SMILES string of the molecule is COCC1CCN(c2cnccc2CO)C1. The number of hydrogen-bond acceptors (Lipinski definition) is 4. The quantitative estimate of drug-likeness (QED) is 0.827. The van der Waals surface area contributed by atoms with Gasteiger partial charge in [-0.2, -0.15) is 0 Å². The van der Waals surface area contributed by atoms with E-state index in [2.05, 4.69) is 9.88 Å². The van der Waals surface area contributed by atoms with Crippen molar-refractivity contribution in [2.75, 3.05) is 31.7 Å². The van der Waals surface area contributed by atoms with Crippen molar-refractivity contribution in [1.29, 1.82) is 0 Å². The number of aromatic nitrogens is 1. The molecule has 1 aromatic heterocycles. The summed E-state index contributed by atoms with van der Waals surface area (Å²) in [7, 11) is 1.74. The van der Waals surface area contributed by atoms with Gasteiger partial charge in [0.15, 0.2) is 0 Å². The number of anilines is 1. The molecule has 2 rings (SSSR count). The Morgan fingerprint density at radius 3 is 3.25 bits per heavy atom. The molecule has 1 atom stereocenters.